The second-order valence-corrected chi connectivity index (χ2v) is 6.64. The topological polar surface area (TPSA) is 128 Å². The molecule has 10 heteroatoms. The summed E-state index contributed by atoms with van der Waals surface area (Å²) < 4.78 is 21.0. The molecule has 5 aromatic rings. The summed E-state index contributed by atoms with van der Waals surface area (Å²) in [5.74, 6) is -0.501. The SMILES string of the molecule is N#Cc1cccc(-c2nc(N)c3nc(Oc4ccccc4F)nn3c2-c2ccncn2)c1. The van der Waals surface area contributed by atoms with Crippen molar-refractivity contribution >= 4 is 11.5 Å². The summed E-state index contributed by atoms with van der Waals surface area (Å²) >= 11 is 0. The van der Waals surface area contributed by atoms with E-state index in [1.54, 1.807) is 48.7 Å². The summed E-state index contributed by atoms with van der Waals surface area (Å²) in [6.45, 7) is 0. The lowest BCUT2D eigenvalue weighted by atomic mass is 10.0. The van der Waals surface area contributed by atoms with Crippen LogP contribution in [0.25, 0.3) is 28.3 Å². The molecule has 2 aromatic carbocycles. The van der Waals surface area contributed by atoms with Gasteiger partial charge in [0.05, 0.1) is 17.3 Å². The van der Waals surface area contributed by atoms with Gasteiger partial charge in [-0.15, -0.1) is 5.10 Å². The van der Waals surface area contributed by atoms with E-state index in [2.05, 4.69) is 31.1 Å². The van der Waals surface area contributed by atoms with E-state index >= 15 is 0 Å². The predicted molar refractivity (Wildman–Crippen MR) is 113 cm³/mol. The third-order valence-corrected chi connectivity index (χ3v) is 4.61. The van der Waals surface area contributed by atoms with Crippen LogP contribution in [0.1, 0.15) is 5.56 Å². The van der Waals surface area contributed by atoms with Crippen LogP contribution in [-0.2, 0) is 0 Å². The van der Waals surface area contributed by atoms with Crippen molar-refractivity contribution in [2.45, 2.75) is 0 Å². The van der Waals surface area contributed by atoms with Crippen molar-refractivity contribution in [2.75, 3.05) is 5.73 Å². The highest BCUT2D eigenvalue weighted by atomic mass is 19.1. The van der Waals surface area contributed by atoms with Crippen molar-refractivity contribution in [3.8, 4) is 40.5 Å². The molecule has 0 aliphatic rings. The van der Waals surface area contributed by atoms with Gasteiger partial charge in [0.25, 0.3) is 0 Å². The second-order valence-electron chi connectivity index (χ2n) is 6.64. The number of ether oxygens (including phenoxy) is 1. The summed E-state index contributed by atoms with van der Waals surface area (Å²) in [7, 11) is 0. The lowest BCUT2D eigenvalue weighted by Crippen LogP contribution is -2.06. The third kappa shape index (κ3) is 3.33. The van der Waals surface area contributed by atoms with E-state index in [1.165, 1.54) is 23.0 Å². The fraction of sp³-hybridized carbons (Fsp3) is 0. The van der Waals surface area contributed by atoms with Crippen LogP contribution in [-0.4, -0.2) is 29.5 Å². The number of para-hydroxylation sites is 1. The van der Waals surface area contributed by atoms with E-state index in [9.17, 15) is 9.65 Å². The molecule has 0 aliphatic heterocycles. The normalized spacial score (nSPS) is 10.8. The maximum Gasteiger partial charge on any atom is 0.342 e. The molecule has 0 aliphatic carbocycles. The van der Waals surface area contributed by atoms with Gasteiger partial charge in [0, 0.05) is 11.8 Å². The van der Waals surface area contributed by atoms with Gasteiger partial charge in [0.15, 0.2) is 17.4 Å². The van der Waals surface area contributed by atoms with Gasteiger partial charge >= 0.3 is 6.01 Å². The molecule has 0 unspecified atom stereocenters. The fourth-order valence-corrected chi connectivity index (χ4v) is 3.21. The first-order valence-electron chi connectivity index (χ1n) is 9.39. The first kappa shape index (κ1) is 19.1. The van der Waals surface area contributed by atoms with Gasteiger partial charge < -0.3 is 10.5 Å². The first-order valence-corrected chi connectivity index (χ1v) is 9.39. The Morgan fingerprint density at radius 1 is 1.06 bits per heavy atom. The van der Waals surface area contributed by atoms with Crippen molar-refractivity contribution < 1.29 is 9.13 Å². The lowest BCUT2D eigenvalue weighted by molar-refractivity contribution is 0.412. The maximum absolute atomic E-state index is 14.0. The van der Waals surface area contributed by atoms with E-state index in [-0.39, 0.29) is 23.2 Å². The number of nitrogen functional groups attached to an aromatic ring is 1. The molecule has 0 spiro atoms. The first-order chi connectivity index (χ1) is 15.6. The number of nitriles is 1. The molecule has 32 heavy (non-hydrogen) atoms. The third-order valence-electron chi connectivity index (χ3n) is 4.61. The van der Waals surface area contributed by atoms with Crippen molar-refractivity contribution in [1.82, 2.24) is 29.5 Å². The van der Waals surface area contributed by atoms with Crippen LogP contribution in [0.4, 0.5) is 10.2 Å². The van der Waals surface area contributed by atoms with Gasteiger partial charge in [0.2, 0.25) is 5.65 Å². The molecule has 0 atom stereocenters. The maximum atomic E-state index is 14.0. The van der Waals surface area contributed by atoms with Crippen LogP contribution in [0.3, 0.4) is 0 Å². The van der Waals surface area contributed by atoms with Crippen LogP contribution in [0.2, 0.25) is 0 Å². The van der Waals surface area contributed by atoms with Gasteiger partial charge in [-0.05, 0) is 30.3 Å². The minimum atomic E-state index is -0.553. The van der Waals surface area contributed by atoms with E-state index in [1.807, 2.05) is 0 Å². The molecule has 154 valence electrons. The number of nitrogens with two attached hydrogens (primary N) is 1. The Balaban J connectivity index is 1.76. The van der Waals surface area contributed by atoms with Gasteiger partial charge in [-0.3, -0.25) is 0 Å². The zero-order chi connectivity index (χ0) is 22.1. The highest BCUT2D eigenvalue weighted by molar-refractivity contribution is 5.81. The van der Waals surface area contributed by atoms with Crippen LogP contribution >= 0.6 is 0 Å². The molecule has 3 heterocycles. The zero-order valence-electron chi connectivity index (χ0n) is 16.3. The molecular weight excluding hydrogens is 411 g/mol. The molecule has 0 fully saturated rings. The molecule has 2 N–H and O–H groups in total. The van der Waals surface area contributed by atoms with Crippen LogP contribution in [0.5, 0.6) is 11.8 Å². The lowest BCUT2D eigenvalue weighted by Gasteiger charge is -2.11. The number of aromatic nitrogens is 6. The zero-order valence-corrected chi connectivity index (χ0v) is 16.3. The van der Waals surface area contributed by atoms with Crippen molar-refractivity contribution in [3.63, 3.8) is 0 Å². The Labute approximate surface area is 180 Å². The number of hydrogen-bond donors (Lipinski definition) is 1. The molecule has 5 rings (SSSR count). The number of halogens is 1. The van der Waals surface area contributed by atoms with Gasteiger partial charge in [0.1, 0.15) is 17.7 Å². The molecule has 0 saturated carbocycles. The molecule has 9 nitrogen and oxygen atoms in total. The standard InChI is InChI=1S/C22H13FN8O/c23-15-6-1-2-7-17(15)32-22-29-21-20(25)28-18(14-5-3-4-13(10-14)11-24)19(31(21)30-22)16-8-9-26-12-27-16/h1-10,12H,(H2,25,28). The van der Waals surface area contributed by atoms with Crippen LogP contribution in [0.15, 0.2) is 67.1 Å². The number of anilines is 1. The van der Waals surface area contributed by atoms with E-state index < -0.39 is 5.82 Å². The number of fused-ring (bicyclic) bond motifs is 1. The summed E-state index contributed by atoms with van der Waals surface area (Å²) in [4.78, 5) is 17.1. The van der Waals surface area contributed by atoms with Crippen LogP contribution < -0.4 is 10.5 Å². The van der Waals surface area contributed by atoms with E-state index in [0.717, 1.165) is 0 Å². The van der Waals surface area contributed by atoms with Crippen LogP contribution in [0, 0.1) is 17.1 Å². The van der Waals surface area contributed by atoms with E-state index in [0.29, 0.717) is 28.2 Å². The average Bonchev–Trinajstić information content (AvgIpc) is 3.25. The number of benzene rings is 2. The van der Waals surface area contributed by atoms with Crippen molar-refractivity contribution in [3.05, 3.63) is 78.5 Å². The summed E-state index contributed by atoms with van der Waals surface area (Å²) in [5, 5.41) is 13.7. The second kappa shape index (κ2) is 7.73. The van der Waals surface area contributed by atoms with E-state index in [4.69, 9.17) is 10.5 Å². The molecule has 0 saturated heterocycles. The molecule has 3 aromatic heterocycles. The molecule has 0 amide bonds. The van der Waals surface area contributed by atoms with Crippen molar-refractivity contribution in [1.29, 1.82) is 5.26 Å². The predicted octanol–water partition coefficient (Wildman–Crippen LogP) is 3.63. The minimum Gasteiger partial charge on any atom is -0.420 e. The number of rotatable bonds is 4. The van der Waals surface area contributed by atoms with Gasteiger partial charge in [-0.25, -0.2) is 23.9 Å². The quantitative estimate of drug-likeness (QED) is 0.463. The van der Waals surface area contributed by atoms with Crippen molar-refractivity contribution in [2.24, 2.45) is 0 Å². The smallest absolute Gasteiger partial charge is 0.342 e. The number of hydrogen-bond acceptors (Lipinski definition) is 8. The highest BCUT2D eigenvalue weighted by Gasteiger charge is 2.21. The summed E-state index contributed by atoms with van der Waals surface area (Å²) in [6, 6.07) is 16.5. The Kier molecular flexibility index (Phi) is 4.61. The average molecular weight is 424 g/mol. The largest absolute Gasteiger partial charge is 0.420 e. The Bertz CT molecular complexity index is 1490. The van der Waals surface area contributed by atoms with Gasteiger partial charge in [-0.1, -0.05) is 24.3 Å². The summed E-state index contributed by atoms with van der Waals surface area (Å²) in [6.07, 6.45) is 2.97. The Morgan fingerprint density at radius 3 is 2.72 bits per heavy atom. The fourth-order valence-electron chi connectivity index (χ4n) is 3.21. The minimum absolute atomic E-state index is 0.0273. The Hall–Kier alpha value is -4.91. The van der Waals surface area contributed by atoms with Gasteiger partial charge in [-0.2, -0.15) is 10.2 Å². The molecule has 0 bridgehead atoms. The molecular formula is C22H13FN8O. The summed E-state index contributed by atoms with van der Waals surface area (Å²) in [5.41, 5.74) is 8.89. The highest BCUT2D eigenvalue weighted by Crippen LogP contribution is 2.33. The Morgan fingerprint density at radius 2 is 1.94 bits per heavy atom. The monoisotopic (exact) mass is 424 g/mol. The number of nitrogens with zero attached hydrogens (tertiary/aromatic N) is 7. The molecule has 0 radical (unpaired) electrons.